The molecule has 72 heavy (non-hydrogen) atoms. The van der Waals surface area contributed by atoms with E-state index >= 15 is 0 Å². The van der Waals surface area contributed by atoms with Crippen LogP contribution < -0.4 is 31.6 Å². The van der Waals surface area contributed by atoms with Crippen molar-refractivity contribution in [2.24, 2.45) is 0 Å². The Kier molecular flexibility index (Phi) is 18.5. The third kappa shape index (κ3) is 14.3. The van der Waals surface area contributed by atoms with Crippen molar-refractivity contribution in [1.82, 2.24) is 40.2 Å². The van der Waals surface area contributed by atoms with Crippen LogP contribution in [0.3, 0.4) is 0 Å². The fourth-order valence-corrected chi connectivity index (χ4v) is 8.08. The summed E-state index contributed by atoms with van der Waals surface area (Å²) in [5.74, 6) is 1.74. The average Bonchev–Trinajstić information content (AvgIpc) is 3.43. The molecule has 0 aliphatic carbocycles. The number of nitrogens with zero attached hydrogens (tertiary/aromatic N) is 10. The number of pyridine rings is 2. The first-order valence-electron chi connectivity index (χ1n) is 23.7. The van der Waals surface area contributed by atoms with Gasteiger partial charge >= 0.3 is 0 Å². The van der Waals surface area contributed by atoms with Crippen molar-refractivity contribution in [3.8, 4) is 12.1 Å². The summed E-state index contributed by atoms with van der Waals surface area (Å²) in [4.78, 5) is 65.9. The predicted molar refractivity (Wildman–Crippen MR) is 271 cm³/mol. The van der Waals surface area contributed by atoms with E-state index in [9.17, 15) is 19.2 Å². The molecule has 0 unspecified atom stereocenters. The van der Waals surface area contributed by atoms with Gasteiger partial charge < -0.3 is 39.7 Å². The molecule has 0 bridgehead atoms. The van der Waals surface area contributed by atoms with Crippen molar-refractivity contribution in [1.29, 1.82) is 10.5 Å². The molecule has 2 amide bonds. The Hall–Kier alpha value is -8.46. The molecule has 2 aliphatic rings. The van der Waals surface area contributed by atoms with Crippen LogP contribution in [0.4, 0.5) is 23.0 Å². The standard InChI is InChI=1S/2C26H29N7O3/c2*1-19-22(17-29-31-26(19)35)30-23(21-5-3-2-4-6-21)18-36-14-9-25(34)33-12-10-32(11-13-33)24-8-7-20(15-27)16-28-24/h2*2-8,16-17,23H,9-14,18H2,1H3,(H2,30,31,35)/t2*23-/m10/s1. The Morgan fingerprint density at radius 3 is 1.32 bits per heavy atom. The minimum Gasteiger partial charge on any atom is -0.378 e. The van der Waals surface area contributed by atoms with Crippen LogP contribution in [-0.4, -0.2) is 131 Å². The first-order chi connectivity index (χ1) is 35.1. The van der Waals surface area contributed by atoms with Crippen LogP contribution in [0.5, 0.6) is 0 Å². The van der Waals surface area contributed by atoms with Crippen molar-refractivity contribution in [3.63, 3.8) is 0 Å². The maximum absolute atomic E-state index is 12.7. The van der Waals surface area contributed by atoms with E-state index in [4.69, 9.17) is 20.0 Å². The minimum atomic E-state index is -0.242. The number of amides is 2. The number of carbonyl (C=O) groups excluding carboxylic acids is 2. The highest BCUT2D eigenvalue weighted by molar-refractivity contribution is 5.77. The number of carbonyl (C=O) groups is 2. The van der Waals surface area contributed by atoms with Gasteiger partial charge in [0.2, 0.25) is 11.8 Å². The van der Waals surface area contributed by atoms with Gasteiger partial charge in [0.25, 0.3) is 11.1 Å². The summed E-state index contributed by atoms with van der Waals surface area (Å²) >= 11 is 0. The normalized spacial score (nSPS) is 14.2. The SMILES string of the molecule is Cc1c(N[C@@H](COCCC(=O)N2CCN(c3ccc(C#N)cn3)CC2)c2ccccc2)cn[nH]c1=O.Cc1c(N[C@H](COCCC(=O)N2CCN(c3ccc(C#N)cn3)CC2)c2ccccc2)cn[nH]c1=O. The average molecular weight is 975 g/mol. The number of hydrogen-bond acceptors (Lipinski definition) is 16. The molecule has 6 heterocycles. The molecule has 20 nitrogen and oxygen atoms in total. The van der Waals surface area contributed by atoms with Gasteiger partial charge in [0.15, 0.2) is 0 Å². The summed E-state index contributed by atoms with van der Waals surface area (Å²) in [5.41, 5.74) is 4.98. The zero-order valence-electron chi connectivity index (χ0n) is 40.4. The van der Waals surface area contributed by atoms with Crippen LogP contribution in [0.1, 0.15) is 58.3 Å². The van der Waals surface area contributed by atoms with Gasteiger partial charge in [-0.2, -0.15) is 20.7 Å². The lowest BCUT2D eigenvalue weighted by molar-refractivity contribution is -0.133. The summed E-state index contributed by atoms with van der Waals surface area (Å²) < 4.78 is 11.8. The quantitative estimate of drug-likeness (QED) is 0.0865. The third-order valence-electron chi connectivity index (χ3n) is 12.4. The molecule has 2 fully saturated rings. The maximum Gasteiger partial charge on any atom is 0.269 e. The number of nitriles is 2. The lowest BCUT2D eigenvalue weighted by atomic mass is 10.1. The molecule has 4 N–H and O–H groups in total. The number of benzene rings is 2. The summed E-state index contributed by atoms with van der Waals surface area (Å²) in [6.45, 7) is 9.96. The molecule has 2 atom stereocenters. The van der Waals surface area contributed by atoms with E-state index in [1.807, 2.05) is 82.6 Å². The van der Waals surface area contributed by atoms with E-state index < -0.39 is 0 Å². The van der Waals surface area contributed by atoms with Crippen molar-refractivity contribution in [3.05, 3.63) is 164 Å². The van der Waals surface area contributed by atoms with E-state index in [0.29, 0.717) is 125 Å². The van der Waals surface area contributed by atoms with Gasteiger partial charge in [0.1, 0.15) is 23.8 Å². The summed E-state index contributed by atoms with van der Waals surface area (Å²) in [6, 6.07) is 30.6. The Morgan fingerprint density at radius 1 is 0.583 bits per heavy atom. The van der Waals surface area contributed by atoms with Crippen molar-refractivity contribution in [2.75, 3.05) is 99.2 Å². The number of aromatic nitrogens is 6. The van der Waals surface area contributed by atoms with E-state index in [1.54, 1.807) is 50.8 Å². The van der Waals surface area contributed by atoms with Gasteiger partial charge in [-0.25, -0.2) is 20.2 Å². The third-order valence-corrected chi connectivity index (χ3v) is 12.4. The zero-order chi connectivity index (χ0) is 50.7. The summed E-state index contributed by atoms with van der Waals surface area (Å²) in [6.07, 6.45) is 6.89. The van der Waals surface area contributed by atoms with Gasteiger partial charge in [-0.05, 0) is 49.2 Å². The van der Waals surface area contributed by atoms with Crippen molar-refractivity contribution in [2.45, 2.75) is 38.8 Å². The molecule has 2 saturated heterocycles. The predicted octanol–water partition coefficient (Wildman–Crippen LogP) is 4.51. The fourth-order valence-electron chi connectivity index (χ4n) is 8.08. The number of anilines is 4. The first kappa shape index (κ1) is 51.4. The molecule has 4 aromatic heterocycles. The summed E-state index contributed by atoms with van der Waals surface area (Å²) in [7, 11) is 0. The Labute approximate surface area is 417 Å². The van der Waals surface area contributed by atoms with E-state index in [0.717, 1.165) is 22.8 Å². The molecule has 372 valence electrons. The number of nitrogens with one attached hydrogen (secondary N) is 4. The van der Waals surface area contributed by atoms with Gasteiger partial charge in [-0.15, -0.1) is 0 Å². The Morgan fingerprint density at radius 2 is 0.972 bits per heavy atom. The fraction of sp³-hybridized carbons (Fsp3) is 0.346. The Bertz CT molecular complexity index is 2690. The van der Waals surface area contributed by atoms with Crippen molar-refractivity contribution >= 4 is 34.8 Å². The van der Waals surface area contributed by atoms with Crippen LogP contribution in [0, 0.1) is 36.5 Å². The summed E-state index contributed by atoms with van der Waals surface area (Å²) in [5, 5.41) is 37.2. The molecule has 0 spiro atoms. The Balaban J connectivity index is 0.000000211. The second-order valence-corrected chi connectivity index (χ2v) is 17.1. The molecular formula is C52H58N14O6. The minimum absolute atomic E-state index is 0.0568. The molecule has 20 heteroatoms. The van der Waals surface area contributed by atoms with E-state index in [1.165, 1.54) is 0 Å². The molecule has 2 aliphatic heterocycles. The number of aromatic amines is 2. The van der Waals surface area contributed by atoms with Crippen LogP contribution in [0.2, 0.25) is 0 Å². The molecule has 8 rings (SSSR count). The van der Waals surface area contributed by atoms with Crippen molar-refractivity contribution < 1.29 is 19.1 Å². The lowest BCUT2D eigenvalue weighted by Gasteiger charge is -2.35. The number of ether oxygens (including phenoxy) is 2. The molecular weight excluding hydrogens is 917 g/mol. The highest BCUT2D eigenvalue weighted by Crippen LogP contribution is 2.23. The monoisotopic (exact) mass is 974 g/mol. The maximum atomic E-state index is 12.7. The number of piperazine rings is 2. The second-order valence-electron chi connectivity index (χ2n) is 17.1. The molecule has 0 radical (unpaired) electrons. The molecule has 0 saturated carbocycles. The van der Waals surface area contributed by atoms with Crippen LogP contribution >= 0.6 is 0 Å². The zero-order valence-corrected chi connectivity index (χ0v) is 40.4. The highest BCUT2D eigenvalue weighted by atomic mass is 16.5. The first-order valence-corrected chi connectivity index (χ1v) is 23.7. The second kappa shape index (κ2) is 25.9. The van der Waals surface area contributed by atoms with Gasteiger partial charge in [-0.1, -0.05) is 60.7 Å². The smallest absolute Gasteiger partial charge is 0.269 e. The van der Waals surface area contributed by atoms with E-state index in [-0.39, 0.29) is 35.0 Å². The number of hydrogen-bond donors (Lipinski definition) is 4. The topological polar surface area (TPSA) is 254 Å². The lowest BCUT2D eigenvalue weighted by Crippen LogP contribution is -2.49. The number of rotatable bonds is 18. The highest BCUT2D eigenvalue weighted by Gasteiger charge is 2.24. The van der Waals surface area contributed by atoms with Crippen LogP contribution in [0.15, 0.2) is 119 Å². The largest absolute Gasteiger partial charge is 0.378 e. The van der Waals surface area contributed by atoms with Crippen LogP contribution in [-0.2, 0) is 19.1 Å². The number of H-pyrrole nitrogens is 2. The van der Waals surface area contributed by atoms with Gasteiger partial charge in [-0.3, -0.25) is 19.2 Å². The molecule has 6 aromatic rings. The molecule has 2 aromatic carbocycles. The van der Waals surface area contributed by atoms with Crippen LogP contribution in [0.25, 0.3) is 0 Å². The van der Waals surface area contributed by atoms with Gasteiger partial charge in [0.05, 0.1) is 86.2 Å². The van der Waals surface area contributed by atoms with Gasteiger partial charge in [0, 0.05) is 75.9 Å². The van der Waals surface area contributed by atoms with E-state index in [2.05, 4.69) is 62.9 Å².